The minimum absolute atomic E-state index is 0.252. The van der Waals surface area contributed by atoms with Crippen molar-refractivity contribution in [3.63, 3.8) is 0 Å². The average molecular weight is 933 g/mol. The minimum atomic E-state index is 0.252. The quantitative estimate of drug-likeness (QED) is 0.0730. The fourth-order valence-corrected chi connectivity index (χ4v) is 7.38. The molecule has 0 bridgehead atoms. The second kappa shape index (κ2) is 27.2. The van der Waals surface area contributed by atoms with Crippen molar-refractivity contribution in [3.8, 4) is 34.5 Å². The Morgan fingerprint density at radius 2 is 0.565 bits per heavy atom. The molecular weight excluding hydrogens is 873 g/mol. The van der Waals surface area contributed by atoms with E-state index in [0.29, 0.717) is 114 Å². The highest BCUT2D eigenvalue weighted by molar-refractivity contribution is 5.48. The maximum atomic E-state index is 6.52. The molecule has 69 heavy (non-hydrogen) atoms. The number of hydrogen-bond acceptors (Lipinski definition) is 11. The number of benzene rings is 7. The summed E-state index contributed by atoms with van der Waals surface area (Å²) in [7, 11) is 0. The van der Waals surface area contributed by atoms with E-state index >= 15 is 0 Å². The zero-order valence-electron chi connectivity index (χ0n) is 39.0. The SMILES string of the molecule is c1ccc(COc2cc(COCc3cc4c(cc3COCc3cc(OCc5ccccc5)cc(OCc5ccccc5)c3)OCCOCCOCCOCCO4)cc(OCc3ccccc3)c2)cc1. The molecule has 0 saturated carbocycles. The van der Waals surface area contributed by atoms with E-state index in [1.165, 1.54) is 0 Å². The van der Waals surface area contributed by atoms with Crippen molar-refractivity contribution >= 4 is 0 Å². The molecule has 0 amide bonds. The summed E-state index contributed by atoms with van der Waals surface area (Å²) in [5.74, 6) is 3.89. The van der Waals surface area contributed by atoms with Crippen LogP contribution >= 0.6 is 0 Å². The van der Waals surface area contributed by atoms with Crippen molar-refractivity contribution in [3.05, 3.63) is 214 Å². The summed E-state index contributed by atoms with van der Waals surface area (Å²) in [5, 5.41) is 0. The molecule has 0 N–H and O–H groups in total. The van der Waals surface area contributed by atoms with Gasteiger partial charge in [0.25, 0.3) is 0 Å². The molecule has 0 fully saturated rings. The van der Waals surface area contributed by atoms with Crippen LogP contribution in [0.4, 0.5) is 0 Å². The summed E-state index contributed by atoms with van der Waals surface area (Å²) in [5.41, 5.74) is 7.83. The second-order valence-electron chi connectivity index (χ2n) is 16.3. The van der Waals surface area contributed by atoms with Crippen LogP contribution in [0.3, 0.4) is 0 Å². The Balaban J connectivity index is 1.01. The number of rotatable bonds is 20. The Morgan fingerprint density at radius 3 is 0.870 bits per heavy atom. The van der Waals surface area contributed by atoms with Gasteiger partial charge in [-0.2, -0.15) is 0 Å². The smallest absolute Gasteiger partial charge is 0.161 e. The molecule has 1 aliphatic heterocycles. The molecule has 0 aliphatic carbocycles. The first-order chi connectivity index (χ1) is 34.2. The Kier molecular flexibility index (Phi) is 19.2. The molecule has 11 heteroatoms. The number of hydrogen-bond donors (Lipinski definition) is 0. The van der Waals surface area contributed by atoms with Crippen LogP contribution in [-0.2, 0) is 76.5 Å². The third-order valence-corrected chi connectivity index (χ3v) is 10.9. The predicted molar refractivity (Wildman–Crippen MR) is 263 cm³/mol. The van der Waals surface area contributed by atoms with E-state index in [9.17, 15) is 0 Å². The molecule has 0 radical (unpaired) electrons. The first kappa shape index (κ1) is 48.6. The molecule has 1 aliphatic rings. The topological polar surface area (TPSA) is 102 Å². The van der Waals surface area contributed by atoms with E-state index in [2.05, 4.69) is 0 Å². The lowest BCUT2D eigenvalue weighted by molar-refractivity contribution is 0.00707. The van der Waals surface area contributed by atoms with Crippen LogP contribution in [0.2, 0.25) is 0 Å². The van der Waals surface area contributed by atoms with Gasteiger partial charge in [-0.25, -0.2) is 0 Å². The molecule has 358 valence electrons. The zero-order chi connectivity index (χ0) is 47.0. The lowest BCUT2D eigenvalue weighted by Crippen LogP contribution is -2.13. The van der Waals surface area contributed by atoms with Crippen LogP contribution < -0.4 is 28.4 Å². The van der Waals surface area contributed by atoms with Gasteiger partial charge in [-0.1, -0.05) is 121 Å². The van der Waals surface area contributed by atoms with Crippen molar-refractivity contribution in [2.24, 2.45) is 0 Å². The summed E-state index contributed by atoms with van der Waals surface area (Å²) < 4.78 is 68.0. The van der Waals surface area contributed by atoms with Gasteiger partial charge < -0.3 is 52.1 Å². The lowest BCUT2D eigenvalue weighted by Gasteiger charge is -2.19. The highest BCUT2D eigenvalue weighted by Gasteiger charge is 2.16. The monoisotopic (exact) mass is 932 g/mol. The number of ether oxygens (including phenoxy) is 11. The van der Waals surface area contributed by atoms with Crippen molar-refractivity contribution < 1.29 is 52.1 Å². The van der Waals surface area contributed by atoms with Crippen LogP contribution in [0.15, 0.2) is 170 Å². The van der Waals surface area contributed by atoms with Gasteiger partial charge in [-0.15, -0.1) is 0 Å². The standard InChI is InChI=1S/C58H60O11/c1-5-13-45(14-6-1)39-66-53-29-49(30-54(35-53)67-40-46-15-7-2-8-16-46)37-62-43-51-33-57-58(65-28-26-61-24-22-59-21-23-60-25-27-64-57)34-52(51)44-63-38-50-31-55(68-41-47-17-9-3-10-18-47)36-56(32-50)69-42-48-19-11-4-12-20-48/h1-20,29-36H,21-28,37-44H2. The molecule has 0 unspecified atom stereocenters. The molecule has 0 saturated heterocycles. The van der Waals surface area contributed by atoms with Crippen LogP contribution in [-0.4, -0.2) is 52.9 Å². The maximum Gasteiger partial charge on any atom is 0.161 e. The van der Waals surface area contributed by atoms with Crippen LogP contribution in [0, 0.1) is 0 Å². The van der Waals surface area contributed by atoms with Crippen molar-refractivity contribution in [2.75, 3.05) is 52.9 Å². The number of fused-ring (bicyclic) bond motifs is 1. The Morgan fingerprint density at radius 1 is 0.275 bits per heavy atom. The highest BCUT2D eigenvalue weighted by atomic mass is 16.6. The minimum Gasteiger partial charge on any atom is -0.489 e. The van der Waals surface area contributed by atoms with Gasteiger partial charge >= 0.3 is 0 Å². The van der Waals surface area contributed by atoms with Crippen LogP contribution in [0.25, 0.3) is 0 Å². The van der Waals surface area contributed by atoms with E-state index < -0.39 is 0 Å². The molecule has 8 rings (SSSR count). The molecule has 0 aromatic heterocycles. The molecule has 11 nitrogen and oxygen atoms in total. The third-order valence-electron chi connectivity index (χ3n) is 10.9. The Bertz CT molecular complexity index is 2260. The molecule has 0 atom stereocenters. The summed E-state index contributed by atoms with van der Waals surface area (Å²) in [6.07, 6.45) is 0. The average Bonchev–Trinajstić information content (AvgIpc) is 3.40. The molecule has 7 aromatic rings. The van der Waals surface area contributed by atoms with E-state index in [1.807, 2.05) is 170 Å². The second-order valence-corrected chi connectivity index (χ2v) is 16.3. The molecule has 7 aromatic carbocycles. The van der Waals surface area contributed by atoms with E-state index in [0.717, 1.165) is 44.5 Å². The zero-order valence-corrected chi connectivity index (χ0v) is 39.0. The molecular formula is C58H60O11. The summed E-state index contributed by atoms with van der Waals surface area (Å²) in [6.45, 7) is 6.05. The lowest BCUT2D eigenvalue weighted by atomic mass is 10.1. The summed E-state index contributed by atoms with van der Waals surface area (Å²) >= 11 is 0. The van der Waals surface area contributed by atoms with Crippen molar-refractivity contribution in [2.45, 2.75) is 52.9 Å². The van der Waals surface area contributed by atoms with Gasteiger partial charge in [0.1, 0.15) is 62.6 Å². The third kappa shape index (κ3) is 16.7. The summed E-state index contributed by atoms with van der Waals surface area (Å²) in [6, 6.07) is 56.1. The van der Waals surface area contributed by atoms with Crippen molar-refractivity contribution in [1.29, 1.82) is 0 Å². The van der Waals surface area contributed by atoms with Gasteiger partial charge in [0.2, 0.25) is 0 Å². The van der Waals surface area contributed by atoms with E-state index in [1.54, 1.807) is 0 Å². The summed E-state index contributed by atoms with van der Waals surface area (Å²) in [4.78, 5) is 0. The molecule has 0 spiro atoms. The van der Waals surface area contributed by atoms with Crippen molar-refractivity contribution in [1.82, 2.24) is 0 Å². The van der Waals surface area contributed by atoms with Gasteiger partial charge in [0, 0.05) is 12.1 Å². The Hall–Kier alpha value is -6.86. The molecule has 1 heterocycles. The van der Waals surface area contributed by atoms with Gasteiger partial charge in [0.05, 0.1) is 66.1 Å². The Labute approximate surface area is 405 Å². The van der Waals surface area contributed by atoms with E-state index in [-0.39, 0.29) is 26.4 Å². The van der Waals surface area contributed by atoms with Gasteiger partial charge in [-0.05, 0) is 80.9 Å². The first-order valence-corrected chi connectivity index (χ1v) is 23.4. The normalized spacial score (nSPS) is 13.4. The van der Waals surface area contributed by atoms with Crippen LogP contribution in [0.5, 0.6) is 34.5 Å². The fourth-order valence-electron chi connectivity index (χ4n) is 7.38. The van der Waals surface area contributed by atoms with E-state index in [4.69, 9.17) is 52.1 Å². The maximum absolute atomic E-state index is 6.52. The fraction of sp³-hybridized carbons (Fsp3) is 0.276. The van der Waals surface area contributed by atoms with Crippen LogP contribution in [0.1, 0.15) is 44.5 Å². The first-order valence-electron chi connectivity index (χ1n) is 23.4. The predicted octanol–water partition coefficient (Wildman–Crippen LogP) is 11.3. The van der Waals surface area contributed by atoms with Gasteiger partial charge in [-0.3, -0.25) is 0 Å². The van der Waals surface area contributed by atoms with Gasteiger partial charge in [0.15, 0.2) is 11.5 Å². The highest BCUT2D eigenvalue weighted by Crippen LogP contribution is 2.34. The largest absolute Gasteiger partial charge is 0.489 e.